The standard InChI is InChI=1S/C18H26FN2O4P/c1-5-10-26(25)18(20-26,11-12(2)3)17(24)21(13(4)16(22)23)15-8-6-14(19)7-9-15/h6-9,12-13H,5,10-11H2,1-4H3,(H,20,25)(H,22,23)/t13-,18+,26?/m0/s1. The number of hydrogen-bond acceptors (Lipinski definition) is 3. The summed E-state index contributed by atoms with van der Waals surface area (Å²) in [5.41, 5.74) is 0.270. The number of carboxylic acid groups (broad SMARTS) is 1. The van der Waals surface area contributed by atoms with Crippen LogP contribution in [0.15, 0.2) is 24.3 Å². The molecule has 1 heterocycles. The Kier molecular flexibility index (Phi) is 5.93. The van der Waals surface area contributed by atoms with E-state index in [1.54, 1.807) is 0 Å². The minimum Gasteiger partial charge on any atom is -0.480 e. The molecule has 1 unspecified atom stereocenters. The fourth-order valence-corrected chi connectivity index (χ4v) is 6.61. The van der Waals surface area contributed by atoms with Crippen LogP contribution >= 0.6 is 7.29 Å². The summed E-state index contributed by atoms with van der Waals surface area (Å²) in [7, 11) is -2.93. The highest BCUT2D eigenvalue weighted by Gasteiger charge is 2.70. The van der Waals surface area contributed by atoms with Gasteiger partial charge in [-0.25, -0.2) is 14.3 Å². The lowest BCUT2D eigenvalue weighted by Crippen LogP contribution is -2.50. The van der Waals surface area contributed by atoms with Crippen LogP contribution in [-0.4, -0.2) is 34.5 Å². The predicted octanol–water partition coefficient (Wildman–Crippen LogP) is 3.67. The van der Waals surface area contributed by atoms with Crippen molar-refractivity contribution < 1.29 is 23.7 Å². The molecule has 26 heavy (non-hydrogen) atoms. The maximum Gasteiger partial charge on any atom is 0.326 e. The van der Waals surface area contributed by atoms with Crippen LogP contribution in [0.5, 0.6) is 0 Å². The molecule has 3 atom stereocenters. The number of anilines is 1. The van der Waals surface area contributed by atoms with Crippen LogP contribution in [0, 0.1) is 11.7 Å². The smallest absolute Gasteiger partial charge is 0.326 e. The number of halogens is 1. The lowest BCUT2D eigenvalue weighted by molar-refractivity contribution is -0.139. The first-order valence-electron chi connectivity index (χ1n) is 8.78. The Bertz CT molecular complexity index is 737. The summed E-state index contributed by atoms with van der Waals surface area (Å²) in [5, 5.41) is 11.2. The molecule has 1 aliphatic rings. The molecular formula is C18H26FN2O4P. The van der Waals surface area contributed by atoms with Gasteiger partial charge in [0.15, 0.2) is 12.6 Å². The van der Waals surface area contributed by atoms with Crippen LogP contribution in [0.25, 0.3) is 0 Å². The molecule has 6 nitrogen and oxygen atoms in total. The third-order valence-corrected chi connectivity index (χ3v) is 7.91. The van der Waals surface area contributed by atoms with Gasteiger partial charge in [-0.05, 0) is 49.9 Å². The van der Waals surface area contributed by atoms with Gasteiger partial charge in [0.1, 0.15) is 11.9 Å². The lowest BCUT2D eigenvalue weighted by Gasteiger charge is -2.30. The topological polar surface area (TPSA) is 96.6 Å². The van der Waals surface area contributed by atoms with Crippen LogP contribution in [0.2, 0.25) is 0 Å². The third-order valence-electron chi connectivity index (χ3n) is 4.60. The zero-order chi connectivity index (χ0) is 19.7. The van der Waals surface area contributed by atoms with Gasteiger partial charge in [0, 0.05) is 11.8 Å². The minimum absolute atomic E-state index is 0.0920. The number of rotatable bonds is 8. The molecule has 0 aliphatic carbocycles. The fourth-order valence-electron chi connectivity index (χ4n) is 3.34. The first-order valence-corrected chi connectivity index (χ1v) is 10.7. The Morgan fingerprint density at radius 2 is 1.85 bits per heavy atom. The van der Waals surface area contributed by atoms with Crippen molar-refractivity contribution in [3.05, 3.63) is 30.1 Å². The van der Waals surface area contributed by atoms with Gasteiger partial charge in [-0.1, -0.05) is 20.8 Å². The minimum atomic E-state index is -2.93. The quantitative estimate of drug-likeness (QED) is 0.527. The monoisotopic (exact) mass is 384 g/mol. The molecule has 1 fully saturated rings. The molecule has 1 aliphatic heterocycles. The van der Waals surface area contributed by atoms with E-state index in [0.717, 1.165) is 4.90 Å². The first-order chi connectivity index (χ1) is 12.1. The predicted molar refractivity (Wildman–Crippen MR) is 99.1 cm³/mol. The molecule has 0 aromatic heterocycles. The number of amides is 1. The van der Waals surface area contributed by atoms with Crippen molar-refractivity contribution in [1.82, 2.24) is 5.09 Å². The average molecular weight is 384 g/mol. The van der Waals surface area contributed by atoms with Gasteiger partial charge in [-0.2, -0.15) is 0 Å². The lowest BCUT2D eigenvalue weighted by atomic mass is 10.0. The van der Waals surface area contributed by atoms with Gasteiger partial charge < -0.3 is 9.67 Å². The van der Waals surface area contributed by atoms with Crippen LogP contribution in [0.1, 0.15) is 40.5 Å². The van der Waals surface area contributed by atoms with Crippen molar-refractivity contribution in [2.75, 3.05) is 11.1 Å². The molecule has 144 valence electrons. The second-order valence-corrected chi connectivity index (χ2v) is 10.1. The molecule has 2 N–H and O–H groups in total. The van der Waals surface area contributed by atoms with E-state index in [1.807, 2.05) is 20.8 Å². The molecular weight excluding hydrogens is 358 g/mol. The summed E-state index contributed by atoms with van der Waals surface area (Å²) < 4.78 is 26.4. The van der Waals surface area contributed by atoms with E-state index in [1.165, 1.54) is 31.2 Å². The van der Waals surface area contributed by atoms with Gasteiger partial charge in [-0.3, -0.25) is 9.69 Å². The summed E-state index contributed by atoms with van der Waals surface area (Å²) >= 11 is 0. The highest BCUT2D eigenvalue weighted by Crippen LogP contribution is 2.72. The number of nitrogens with one attached hydrogen (secondary N) is 1. The molecule has 0 spiro atoms. The Hall–Kier alpha value is -1.72. The number of carboxylic acids is 1. The van der Waals surface area contributed by atoms with Crippen molar-refractivity contribution in [3.63, 3.8) is 0 Å². The molecule has 0 bridgehead atoms. The summed E-state index contributed by atoms with van der Waals surface area (Å²) in [4.78, 5) is 26.1. The summed E-state index contributed by atoms with van der Waals surface area (Å²) in [6, 6.07) is 3.90. The Morgan fingerprint density at radius 1 is 1.27 bits per heavy atom. The number of carbonyl (C=O) groups excluding carboxylic acids is 1. The van der Waals surface area contributed by atoms with E-state index in [0.29, 0.717) is 19.0 Å². The van der Waals surface area contributed by atoms with Crippen LogP contribution in [0.3, 0.4) is 0 Å². The second kappa shape index (κ2) is 7.49. The molecule has 0 saturated carbocycles. The van der Waals surface area contributed by atoms with E-state index in [4.69, 9.17) is 0 Å². The molecule has 1 saturated heterocycles. The third kappa shape index (κ3) is 3.69. The Balaban J connectivity index is 2.49. The summed E-state index contributed by atoms with van der Waals surface area (Å²) in [6.07, 6.45) is 1.39. The van der Waals surface area contributed by atoms with E-state index in [9.17, 15) is 23.7 Å². The number of aliphatic carboxylic acids is 1. The largest absolute Gasteiger partial charge is 0.480 e. The van der Waals surface area contributed by atoms with E-state index >= 15 is 0 Å². The van der Waals surface area contributed by atoms with Crippen molar-refractivity contribution in [2.24, 2.45) is 5.92 Å². The van der Waals surface area contributed by atoms with E-state index in [2.05, 4.69) is 5.09 Å². The zero-order valence-corrected chi connectivity index (χ0v) is 16.4. The highest BCUT2D eigenvalue weighted by atomic mass is 31.2. The maximum atomic E-state index is 13.4. The maximum absolute atomic E-state index is 13.4. The summed E-state index contributed by atoms with van der Waals surface area (Å²) in [5.74, 6) is -2.10. The van der Waals surface area contributed by atoms with Crippen molar-refractivity contribution in [3.8, 4) is 0 Å². The zero-order valence-electron chi connectivity index (χ0n) is 15.5. The van der Waals surface area contributed by atoms with Gasteiger partial charge in [0.25, 0.3) is 5.91 Å². The van der Waals surface area contributed by atoms with Crippen LogP contribution in [0.4, 0.5) is 10.1 Å². The summed E-state index contributed by atoms with van der Waals surface area (Å²) in [6.45, 7) is 7.13. The SMILES string of the molecule is CCCP1(=O)N[C@@]1(CC(C)C)C(=O)N(c1ccc(F)cc1)[C@@H](C)C(=O)O. The molecule has 0 radical (unpaired) electrons. The normalized spacial score (nSPS) is 25.8. The van der Waals surface area contributed by atoms with Crippen molar-refractivity contribution in [2.45, 2.75) is 51.9 Å². The van der Waals surface area contributed by atoms with Gasteiger partial charge in [0.05, 0.1) is 0 Å². The highest BCUT2D eigenvalue weighted by molar-refractivity contribution is 7.72. The number of hydrogen-bond donors (Lipinski definition) is 2. The van der Waals surface area contributed by atoms with Crippen LogP contribution in [-0.2, 0) is 14.2 Å². The average Bonchev–Trinajstić information content (AvgIpc) is 3.13. The van der Waals surface area contributed by atoms with Crippen molar-refractivity contribution >= 4 is 24.9 Å². The van der Waals surface area contributed by atoms with E-state index in [-0.39, 0.29) is 11.6 Å². The Labute approximate surface area is 153 Å². The number of carbonyl (C=O) groups is 2. The van der Waals surface area contributed by atoms with Crippen LogP contribution < -0.4 is 9.99 Å². The van der Waals surface area contributed by atoms with Crippen molar-refractivity contribution in [1.29, 1.82) is 0 Å². The number of benzene rings is 1. The molecule has 1 amide bonds. The molecule has 2 rings (SSSR count). The van der Waals surface area contributed by atoms with Gasteiger partial charge in [0.2, 0.25) is 0 Å². The molecule has 8 heteroatoms. The number of nitrogens with zero attached hydrogens (tertiary/aromatic N) is 1. The van der Waals surface area contributed by atoms with E-state index < -0.39 is 36.3 Å². The molecule has 1 aromatic carbocycles. The molecule has 1 aromatic rings. The second-order valence-electron chi connectivity index (χ2n) is 7.20. The first kappa shape index (κ1) is 20.6. The van der Waals surface area contributed by atoms with Gasteiger partial charge >= 0.3 is 5.97 Å². The van der Waals surface area contributed by atoms with Gasteiger partial charge in [-0.15, -0.1) is 0 Å². The fraction of sp³-hybridized carbons (Fsp3) is 0.556. The Morgan fingerprint density at radius 3 is 2.31 bits per heavy atom.